The summed E-state index contributed by atoms with van der Waals surface area (Å²) in [6.07, 6.45) is 3.27. The molecule has 7 nitrogen and oxygen atoms in total. The number of hydrogen-bond acceptors (Lipinski definition) is 5. The maximum Gasteiger partial charge on any atom is 0.338 e. The highest BCUT2D eigenvalue weighted by molar-refractivity contribution is 6.04. The highest BCUT2D eigenvalue weighted by Crippen LogP contribution is 2.30. The molecule has 3 aromatic heterocycles. The Morgan fingerprint density at radius 3 is 2.78 bits per heavy atom. The van der Waals surface area contributed by atoms with Crippen LogP contribution < -0.4 is 4.74 Å². The zero-order chi connectivity index (χ0) is 16.6. The van der Waals surface area contributed by atoms with Crippen LogP contribution in [0.25, 0.3) is 11.0 Å². The fourth-order valence-corrected chi connectivity index (χ4v) is 2.82. The Kier molecular flexibility index (Phi) is 3.69. The molecule has 1 atom stereocenters. The van der Waals surface area contributed by atoms with E-state index < -0.39 is 5.97 Å². The Balaban J connectivity index is 2.23. The number of rotatable bonds is 4. The topological polar surface area (TPSA) is 90.1 Å². The van der Waals surface area contributed by atoms with Crippen LogP contribution in [0.3, 0.4) is 0 Å². The van der Waals surface area contributed by atoms with Crippen molar-refractivity contribution in [3.05, 3.63) is 47.5 Å². The van der Waals surface area contributed by atoms with Gasteiger partial charge in [0.1, 0.15) is 5.65 Å². The van der Waals surface area contributed by atoms with Crippen LogP contribution in [0, 0.1) is 6.92 Å². The van der Waals surface area contributed by atoms with Crippen molar-refractivity contribution in [3.8, 4) is 6.01 Å². The molecule has 0 aliphatic rings. The van der Waals surface area contributed by atoms with Gasteiger partial charge in [0.2, 0.25) is 0 Å². The molecule has 0 fully saturated rings. The van der Waals surface area contributed by atoms with Crippen molar-refractivity contribution in [1.29, 1.82) is 0 Å². The average Bonchev–Trinajstić information content (AvgIpc) is 2.86. The number of fused-ring (bicyclic) bond motifs is 1. The van der Waals surface area contributed by atoms with Crippen molar-refractivity contribution in [3.63, 3.8) is 0 Å². The molecule has 1 N–H and O–H groups in total. The second-order valence-corrected chi connectivity index (χ2v) is 5.15. The Labute approximate surface area is 132 Å². The van der Waals surface area contributed by atoms with E-state index in [4.69, 9.17) is 4.74 Å². The molecule has 0 radical (unpaired) electrons. The number of nitrogens with zero attached hydrogens (tertiary/aromatic N) is 4. The second-order valence-electron chi connectivity index (χ2n) is 5.15. The molecular weight excluding hydrogens is 296 g/mol. The van der Waals surface area contributed by atoms with E-state index in [1.165, 1.54) is 7.11 Å². The van der Waals surface area contributed by atoms with Gasteiger partial charge in [-0.2, -0.15) is 4.98 Å². The fourth-order valence-electron chi connectivity index (χ4n) is 2.82. The van der Waals surface area contributed by atoms with Gasteiger partial charge in [0.25, 0.3) is 0 Å². The second kappa shape index (κ2) is 5.68. The molecule has 1 unspecified atom stereocenters. The van der Waals surface area contributed by atoms with Gasteiger partial charge >= 0.3 is 12.0 Å². The Bertz CT molecular complexity index is 888. The number of aromatic nitrogens is 4. The Hall–Kier alpha value is -2.96. The molecule has 0 aromatic carbocycles. The van der Waals surface area contributed by atoms with E-state index in [0.29, 0.717) is 16.7 Å². The van der Waals surface area contributed by atoms with Crippen molar-refractivity contribution < 1.29 is 14.6 Å². The van der Waals surface area contributed by atoms with E-state index in [1.807, 2.05) is 11.5 Å². The van der Waals surface area contributed by atoms with E-state index in [0.717, 1.165) is 5.69 Å². The molecule has 0 amide bonds. The van der Waals surface area contributed by atoms with E-state index >= 15 is 0 Å². The molecule has 3 rings (SSSR count). The maximum absolute atomic E-state index is 11.6. The molecular formula is C16H16N4O3. The lowest BCUT2D eigenvalue weighted by Gasteiger charge is -2.16. The summed E-state index contributed by atoms with van der Waals surface area (Å²) < 4.78 is 6.94. The first-order valence-corrected chi connectivity index (χ1v) is 7.10. The zero-order valence-electron chi connectivity index (χ0n) is 13.0. The van der Waals surface area contributed by atoms with Crippen molar-refractivity contribution >= 4 is 17.0 Å². The predicted molar refractivity (Wildman–Crippen MR) is 83.8 cm³/mol. The summed E-state index contributed by atoms with van der Waals surface area (Å²) in [7, 11) is 1.50. The van der Waals surface area contributed by atoms with Crippen molar-refractivity contribution in [2.75, 3.05) is 7.11 Å². The van der Waals surface area contributed by atoms with Gasteiger partial charge in [-0.15, -0.1) is 0 Å². The largest absolute Gasteiger partial charge is 0.478 e. The molecule has 3 aromatic rings. The van der Waals surface area contributed by atoms with Gasteiger partial charge in [-0.3, -0.25) is 0 Å². The lowest BCUT2D eigenvalue weighted by molar-refractivity contribution is 0.0698. The molecule has 3 heterocycles. The van der Waals surface area contributed by atoms with Crippen molar-refractivity contribution in [1.82, 2.24) is 19.5 Å². The quantitative estimate of drug-likeness (QED) is 0.796. The number of carboxylic acid groups (broad SMARTS) is 1. The van der Waals surface area contributed by atoms with Crippen LogP contribution in [-0.2, 0) is 0 Å². The van der Waals surface area contributed by atoms with Gasteiger partial charge in [-0.1, -0.05) is 0 Å². The molecule has 23 heavy (non-hydrogen) atoms. The molecule has 0 spiro atoms. The van der Waals surface area contributed by atoms with E-state index in [2.05, 4.69) is 15.0 Å². The van der Waals surface area contributed by atoms with Crippen molar-refractivity contribution in [2.45, 2.75) is 19.9 Å². The first-order chi connectivity index (χ1) is 11.0. The van der Waals surface area contributed by atoms with Gasteiger partial charge in [-0.05, 0) is 32.0 Å². The van der Waals surface area contributed by atoms with Crippen LogP contribution in [-0.4, -0.2) is 37.7 Å². The molecule has 7 heteroatoms. The first kappa shape index (κ1) is 15.0. The minimum absolute atomic E-state index is 0.211. The highest BCUT2D eigenvalue weighted by Gasteiger charge is 2.24. The summed E-state index contributed by atoms with van der Waals surface area (Å²) in [5.74, 6) is -0.966. The summed E-state index contributed by atoms with van der Waals surface area (Å²) in [5, 5.41) is 10.1. The summed E-state index contributed by atoms with van der Waals surface area (Å²) in [6.45, 7) is 3.72. The molecule has 0 bridgehead atoms. The normalized spacial score (nSPS) is 12.3. The lowest BCUT2D eigenvalue weighted by atomic mass is 10.2. The van der Waals surface area contributed by atoms with Gasteiger partial charge in [0, 0.05) is 23.5 Å². The number of ether oxygens (including phenoxy) is 1. The third kappa shape index (κ3) is 2.40. The van der Waals surface area contributed by atoms with Crippen LogP contribution in [0.2, 0.25) is 0 Å². The van der Waals surface area contributed by atoms with Crippen LogP contribution in [0.15, 0.2) is 30.6 Å². The first-order valence-electron chi connectivity index (χ1n) is 7.10. The Morgan fingerprint density at radius 2 is 2.09 bits per heavy atom. The molecule has 118 valence electrons. The van der Waals surface area contributed by atoms with Crippen LogP contribution in [0.1, 0.15) is 34.7 Å². The van der Waals surface area contributed by atoms with Gasteiger partial charge in [-0.25, -0.2) is 14.8 Å². The highest BCUT2D eigenvalue weighted by atomic mass is 16.5. The van der Waals surface area contributed by atoms with E-state index in [-0.39, 0.29) is 17.6 Å². The zero-order valence-corrected chi connectivity index (χ0v) is 13.0. The maximum atomic E-state index is 11.6. The number of aromatic carboxylic acids is 1. The number of methoxy groups -OCH3 is 1. The lowest BCUT2D eigenvalue weighted by Crippen LogP contribution is -2.12. The van der Waals surface area contributed by atoms with E-state index in [1.54, 1.807) is 37.5 Å². The third-order valence-electron chi connectivity index (χ3n) is 3.87. The fraction of sp³-hybridized carbons (Fsp3) is 0.250. The molecule has 0 saturated carbocycles. The summed E-state index contributed by atoms with van der Waals surface area (Å²) in [6, 6.07) is 5.34. The third-order valence-corrected chi connectivity index (χ3v) is 3.87. The minimum Gasteiger partial charge on any atom is -0.478 e. The average molecular weight is 312 g/mol. The summed E-state index contributed by atoms with van der Waals surface area (Å²) in [5.41, 5.74) is 2.24. The van der Waals surface area contributed by atoms with Gasteiger partial charge < -0.3 is 14.4 Å². The predicted octanol–water partition coefficient (Wildman–Crippen LogP) is 2.45. The van der Waals surface area contributed by atoms with Crippen LogP contribution >= 0.6 is 0 Å². The monoisotopic (exact) mass is 312 g/mol. The SMILES string of the molecule is COc1nccc(C(C)n2c(C)c(C(=O)O)c3cccnc32)n1. The standard InChI is InChI=1S/C16H16N4O3/c1-9(12-6-8-18-16(19-12)23-3)20-10(2)13(15(21)22)11-5-4-7-17-14(11)20/h4-9H,1-3H3,(H,21,22). The number of hydrogen-bond donors (Lipinski definition) is 1. The number of carbonyl (C=O) groups is 1. The molecule has 0 saturated heterocycles. The smallest absolute Gasteiger partial charge is 0.338 e. The Morgan fingerprint density at radius 1 is 1.30 bits per heavy atom. The molecule has 0 aliphatic heterocycles. The molecule has 0 aliphatic carbocycles. The number of pyridine rings is 1. The van der Waals surface area contributed by atoms with Gasteiger partial charge in [0.05, 0.1) is 24.4 Å². The van der Waals surface area contributed by atoms with Crippen LogP contribution in [0.4, 0.5) is 0 Å². The minimum atomic E-state index is -0.966. The number of carboxylic acids is 1. The van der Waals surface area contributed by atoms with Crippen molar-refractivity contribution in [2.24, 2.45) is 0 Å². The summed E-state index contributed by atoms with van der Waals surface area (Å²) >= 11 is 0. The van der Waals surface area contributed by atoms with Crippen LogP contribution in [0.5, 0.6) is 6.01 Å². The summed E-state index contributed by atoms with van der Waals surface area (Å²) in [4.78, 5) is 24.3. The van der Waals surface area contributed by atoms with E-state index in [9.17, 15) is 9.90 Å². The van der Waals surface area contributed by atoms with Gasteiger partial charge in [0.15, 0.2) is 0 Å².